The minimum absolute atomic E-state index is 0.0586. The van der Waals surface area contributed by atoms with Gasteiger partial charge in [0.25, 0.3) is 0 Å². The first kappa shape index (κ1) is 14.0. The summed E-state index contributed by atoms with van der Waals surface area (Å²) in [6.45, 7) is 0. The maximum Gasteiger partial charge on any atom is 0.0645 e. The van der Waals surface area contributed by atoms with Crippen LogP contribution in [-0.2, 0) is 6.42 Å². The lowest BCUT2D eigenvalue weighted by molar-refractivity contribution is 0.721. The molecule has 0 amide bonds. The summed E-state index contributed by atoms with van der Waals surface area (Å²) in [5.74, 6) is 0. The van der Waals surface area contributed by atoms with Crippen molar-refractivity contribution in [1.29, 1.82) is 0 Å². The topological polar surface area (TPSA) is 43.8 Å². The van der Waals surface area contributed by atoms with Gasteiger partial charge in [-0.05, 0) is 36.2 Å². The van der Waals surface area contributed by atoms with E-state index in [0.717, 1.165) is 22.1 Å². The summed E-state index contributed by atoms with van der Waals surface area (Å²) < 4.78 is 2.93. The van der Waals surface area contributed by atoms with Crippen molar-refractivity contribution in [2.45, 2.75) is 12.5 Å². The van der Waals surface area contributed by atoms with Crippen LogP contribution in [0.15, 0.2) is 71.5 Å². The van der Waals surface area contributed by atoms with Gasteiger partial charge in [-0.15, -0.1) is 0 Å². The fourth-order valence-corrected chi connectivity index (χ4v) is 2.73. The molecule has 1 unspecified atom stereocenters. The highest BCUT2D eigenvalue weighted by atomic mass is 79.9. The molecule has 1 atom stereocenters. The molecule has 106 valence electrons. The third-order valence-corrected chi connectivity index (χ3v) is 3.89. The zero-order valence-electron chi connectivity index (χ0n) is 11.5. The number of nitrogens with zero attached hydrogens (tertiary/aromatic N) is 2. The van der Waals surface area contributed by atoms with Gasteiger partial charge in [0.05, 0.1) is 11.9 Å². The molecule has 0 saturated carbocycles. The van der Waals surface area contributed by atoms with E-state index in [9.17, 15) is 0 Å². The van der Waals surface area contributed by atoms with Crippen molar-refractivity contribution in [2.75, 3.05) is 0 Å². The van der Waals surface area contributed by atoms with Gasteiger partial charge in [-0.2, -0.15) is 5.10 Å². The fraction of sp³-hybridized carbons (Fsp3) is 0.118. The number of halogens is 1. The van der Waals surface area contributed by atoms with Crippen molar-refractivity contribution in [1.82, 2.24) is 9.78 Å². The van der Waals surface area contributed by atoms with E-state index in [1.54, 1.807) is 0 Å². The summed E-state index contributed by atoms with van der Waals surface area (Å²) in [6.07, 6.45) is 4.63. The molecule has 0 radical (unpaired) electrons. The van der Waals surface area contributed by atoms with E-state index in [0.29, 0.717) is 0 Å². The van der Waals surface area contributed by atoms with Crippen LogP contribution in [0.3, 0.4) is 0 Å². The van der Waals surface area contributed by atoms with Gasteiger partial charge in [0.1, 0.15) is 0 Å². The van der Waals surface area contributed by atoms with Gasteiger partial charge in [0.15, 0.2) is 0 Å². The fourth-order valence-electron chi connectivity index (χ4n) is 2.29. The Hall–Kier alpha value is -1.91. The van der Waals surface area contributed by atoms with Crippen molar-refractivity contribution in [3.8, 4) is 5.69 Å². The van der Waals surface area contributed by atoms with Crippen LogP contribution in [0, 0.1) is 0 Å². The van der Waals surface area contributed by atoms with E-state index in [-0.39, 0.29) is 6.04 Å². The van der Waals surface area contributed by atoms with E-state index >= 15 is 0 Å². The third-order valence-electron chi connectivity index (χ3n) is 3.40. The van der Waals surface area contributed by atoms with Gasteiger partial charge in [-0.3, -0.25) is 0 Å². The van der Waals surface area contributed by atoms with Gasteiger partial charge in [-0.25, -0.2) is 4.68 Å². The smallest absolute Gasteiger partial charge is 0.0645 e. The number of hydrogen-bond acceptors (Lipinski definition) is 2. The van der Waals surface area contributed by atoms with Crippen molar-refractivity contribution >= 4 is 15.9 Å². The van der Waals surface area contributed by atoms with Gasteiger partial charge < -0.3 is 5.73 Å². The quantitative estimate of drug-likeness (QED) is 0.782. The normalized spacial score (nSPS) is 12.3. The Kier molecular flexibility index (Phi) is 4.18. The number of rotatable bonds is 4. The predicted molar refractivity (Wildman–Crippen MR) is 88.3 cm³/mol. The van der Waals surface area contributed by atoms with Crippen LogP contribution in [0.2, 0.25) is 0 Å². The number of para-hydroxylation sites is 1. The highest BCUT2D eigenvalue weighted by molar-refractivity contribution is 9.10. The van der Waals surface area contributed by atoms with Crippen LogP contribution in [0.4, 0.5) is 0 Å². The molecular weight excluding hydrogens is 326 g/mol. The molecule has 0 bridgehead atoms. The Balaban J connectivity index is 1.77. The lowest BCUT2D eigenvalue weighted by Gasteiger charge is -2.09. The largest absolute Gasteiger partial charge is 0.324 e. The molecule has 1 heterocycles. The maximum absolute atomic E-state index is 6.30. The van der Waals surface area contributed by atoms with Crippen LogP contribution >= 0.6 is 15.9 Å². The highest BCUT2D eigenvalue weighted by Crippen LogP contribution is 2.19. The van der Waals surface area contributed by atoms with Crippen LogP contribution < -0.4 is 5.73 Å². The second kappa shape index (κ2) is 6.24. The average Bonchev–Trinajstić information content (AvgIpc) is 2.98. The summed E-state index contributed by atoms with van der Waals surface area (Å²) in [6, 6.07) is 18.2. The van der Waals surface area contributed by atoms with Gasteiger partial charge in [0.2, 0.25) is 0 Å². The molecule has 2 aromatic carbocycles. The molecule has 4 heteroatoms. The first-order valence-corrected chi connectivity index (χ1v) is 7.62. The molecule has 0 aliphatic rings. The Morgan fingerprint density at radius 2 is 1.90 bits per heavy atom. The second-order valence-electron chi connectivity index (χ2n) is 4.99. The molecule has 0 fully saturated rings. The molecule has 3 nitrogen and oxygen atoms in total. The maximum atomic E-state index is 6.30. The molecular formula is C17H16BrN3. The second-order valence-corrected chi connectivity index (χ2v) is 5.91. The van der Waals surface area contributed by atoms with Crippen molar-refractivity contribution in [2.24, 2.45) is 5.73 Å². The molecule has 0 spiro atoms. The van der Waals surface area contributed by atoms with Gasteiger partial charge in [-0.1, -0.05) is 46.3 Å². The Bertz CT molecular complexity index is 722. The molecule has 1 aromatic heterocycles. The molecule has 2 N–H and O–H groups in total. The highest BCUT2D eigenvalue weighted by Gasteiger charge is 2.10. The first-order valence-electron chi connectivity index (χ1n) is 6.82. The van der Waals surface area contributed by atoms with E-state index in [4.69, 9.17) is 5.73 Å². The number of aromatic nitrogens is 2. The molecule has 0 saturated heterocycles. The third kappa shape index (κ3) is 3.40. The monoisotopic (exact) mass is 341 g/mol. The molecule has 3 aromatic rings. The average molecular weight is 342 g/mol. The van der Waals surface area contributed by atoms with Crippen LogP contribution in [0.25, 0.3) is 5.69 Å². The van der Waals surface area contributed by atoms with Crippen LogP contribution in [0.5, 0.6) is 0 Å². The summed E-state index contributed by atoms with van der Waals surface area (Å²) in [5.41, 5.74) is 9.59. The standard InChI is InChI=1S/C17H16BrN3/c18-15-6-4-5-13(9-15)10-17(19)14-11-20-21(12-14)16-7-2-1-3-8-16/h1-9,11-12,17H,10,19H2. The molecule has 0 aliphatic carbocycles. The van der Waals surface area contributed by atoms with Crippen LogP contribution in [0.1, 0.15) is 17.2 Å². The lowest BCUT2D eigenvalue weighted by Crippen LogP contribution is -2.12. The predicted octanol–water partition coefficient (Wildman–Crippen LogP) is 3.88. The molecule has 21 heavy (non-hydrogen) atoms. The van der Waals surface area contributed by atoms with E-state index in [2.05, 4.69) is 33.2 Å². The summed E-state index contributed by atoms with van der Waals surface area (Å²) >= 11 is 3.49. The number of nitrogens with two attached hydrogens (primary N) is 1. The van der Waals surface area contributed by atoms with Gasteiger partial charge >= 0.3 is 0 Å². The Morgan fingerprint density at radius 3 is 2.67 bits per heavy atom. The van der Waals surface area contributed by atoms with Crippen molar-refractivity contribution < 1.29 is 0 Å². The zero-order chi connectivity index (χ0) is 14.7. The Labute approximate surface area is 132 Å². The van der Waals surface area contributed by atoms with Crippen molar-refractivity contribution in [3.05, 3.63) is 82.6 Å². The minimum Gasteiger partial charge on any atom is -0.324 e. The van der Waals surface area contributed by atoms with Crippen molar-refractivity contribution in [3.63, 3.8) is 0 Å². The van der Waals surface area contributed by atoms with Gasteiger partial charge in [0, 0.05) is 22.3 Å². The molecule has 0 aliphatic heterocycles. The summed E-state index contributed by atoms with van der Waals surface area (Å²) in [5, 5.41) is 4.39. The van der Waals surface area contributed by atoms with Crippen LogP contribution in [-0.4, -0.2) is 9.78 Å². The molecule has 3 rings (SSSR count). The zero-order valence-corrected chi connectivity index (χ0v) is 13.1. The van der Waals surface area contributed by atoms with E-state index < -0.39 is 0 Å². The summed E-state index contributed by atoms with van der Waals surface area (Å²) in [7, 11) is 0. The van der Waals surface area contributed by atoms with E-state index in [1.165, 1.54) is 5.56 Å². The number of benzene rings is 2. The SMILES string of the molecule is NC(Cc1cccc(Br)c1)c1cnn(-c2ccccc2)c1. The summed E-state index contributed by atoms with van der Waals surface area (Å²) in [4.78, 5) is 0. The van der Waals surface area contributed by atoms with E-state index in [1.807, 2.05) is 59.5 Å². The lowest BCUT2D eigenvalue weighted by atomic mass is 10.0. The Morgan fingerprint density at radius 1 is 1.10 bits per heavy atom. The number of hydrogen-bond donors (Lipinski definition) is 1. The first-order chi connectivity index (χ1) is 10.2. The minimum atomic E-state index is -0.0586.